The van der Waals surface area contributed by atoms with Crippen molar-refractivity contribution in [1.82, 2.24) is 0 Å². The standard InChI is InChI=1S/C24H20O4.C4H8O/c25-23(26)21-19(16-10-4-1-5-11-16)22(20(21)17-12-6-2-7-13-17)24(27)28-18-14-8-3-9-15-18;1-2-4-5-3-1/h1-15,19-22H,(H,25,26);1-4H2. The van der Waals surface area contributed by atoms with E-state index in [2.05, 4.69) is 0 Å². The molecule has 5 rings (SSSR count). The van der Waals surface area contributed by atoms with Gasteiger partial charge in [-0.1, -0.05) is 78.9 Å². The van der Waals surface area contributed by atoms with E-state index in [4.69, 9.17) is 9.47 Å². The zero-order valence-corrected chi connectivity index (χ0v) is 18.4. The first-order chi connectivity index (χ1) is 16.2. The van der Waals surface area contributed by atoms with E-state index in [9.17, 15) is 14.7 Å². The summed E-state index contributed by atoms with van der Waals surface area (Å²) in [4.78, 5) is 25.2. The van der Waals surface area contributed by atoms with Crippen molar-refractivity contribution >= 4 is 11.9 Å². The lowest BCUT2D eigenvalue weighted by atomic mass is 9.52. The molecule has 33 heavy (non-hydrogen) atoms. The van der Waals surface area contributed by atoms with Crippen LogP contribution in [0.2, 0.25) is 0 Å². The molecule has 1 saturated carbocycles. The Morgan fingerprint density at radius 1 is 0.697 bits per heavy atom. The van der Waals surface area contributed by atoms with Gasteiger partial charge in [-0.15, -0.1) is 0 Å². The van der Waals surface area contributed by atoms with Crippen molar-refractivity contribution in [3.05, 3.63) is 102 Å². The van der Waals surface area contributed by atoms with E-state index in [-0.39, 0.29) is 0 Å². The highest BCUT2D eigenvalue weighted by molar-refractivity contribution is 5.85. The summed E-state index contributed by atoms with van der Waals surface area (Å²) >= 11 is 0. The van der Waals surface area contributed by atoms with Crippen molar-refractivity contribution < 1.29 is 24.2 Å². The predicted octanol–water partition coefficient (Wildman–Crippen LogP) is 5.29. The summed E-state index contributed by atoms with van der Waals surface area (Å²) in [5.41, 5.74) is 1.69. The molecule has 3 aromatic carbocycles. The Bertz CT molecular complexity index is 977. The molecular formula is C28H28O5. The summed E-state index contributed by atoms with van der Waals surface area (Å²) in [7, 11) is 0. The third kappa shape index (κ3) is 5.32. The van der Waals surface area contributed by atoms with Gasteiger partial charge in [-0.2, -0.15) is 0 Å². The summed E-state index contributed by atoms with van der Waals surface area (Å²) in [6.45, 7) is 2.00. The van der Waals surface area contributed by atoms with Gasteiger partial charge in [-0.25, -0.2) is 0 Å². The Balaban J connectivity index is 0.000000459. The van der Waals surface area contributed by atoms with Gasteiger partial charge < -0.3 is 14.6 Å². The second-order valence-electron chi connectivity index (χ2n) is 8.32. The summed E-state index contributed by atoms with van der Waals surface area (Å²) in [5.74, 6) is -2.94. The van der Waals surface area contributed by atoms with Crippen LogP contribution in [-0.2, 0) is 14.3 Å². The lowest BCUT2D eigenvalue weighted by molar-refractivity contribution is -0.158. The molecular weight excluding hydrogens is 416 g/mol. The molecule has 1 aliphatic carbocycles. The quantitative estimate of drug-likeness (QED) is 0.428. The number of hydrogen-bond donors (Lipinski definition) is 1. The average Bonchev–Trinajstić information content (AvgIpc) is 3.41. The van der Waals surface area contributed by atoms with Crippen LogP contribution in [0.15, 0.2) is 91.0 Å². The maximum Gasteiger partial charge on any atom is 0.315 e. The molecule has 3 aromatic rings. The number of hydrogen-bond acceptors (Lipinski definition) is 4. The molecule has 2 atom stereocenters. The first kappa shape index (κ1) is 22.7. The van der Waals surface area contributed by atoms with Crippen LogP contribution in [0.1, 0.15) is 35.8 Å². The van der Waals surface area contributed by atoms with Crippen LogP contribution < -0.4 is 4.74 Å². The third-order valence-corrected chi connectivity index (χ3v) is 6.26. The largest absolute Gasteiger partial charge is 0.481 e. The highest BCUT2D eigenvalue weighted by Gasteiger charge is 2.59. The Kier molecular flexibility index (Phi) is 7.53. The van der Waals surface area contributed by atoms with Crippen LogP contribution in [0.3, 0.4) is 0 Å². The van der Waals surface area contributed by atoms with E-state index in [1.54, 1.807) is 24.3 Å². The Morgan fingerprint density at radius 2 is 1.15 bits per heavy atom. The molecule has 0 amide bonds. The van der Waals surface area contributed by atoms with Crippen molar-refractivity contribution in [2.75, 3.05) is 13.2 Å². The number of carbonyl (C=O) groups excluding carboxylic acids is 1. The molecule has 1 aliphatic heterocycles. The fourth-order valence-electron chi connectivity index (χ4n) is 4.71. The third-order valence-electron chi connectivity index (χ3n) is 6.26. The number of esters is 1. The molecule has 1 saturated heterocycles. The van der Waals surface area contributed by atoms with E-state index < -0.39 is 35.6 Å². The minimum Gasteiger partial charge on any atom is -0.481 e. The van der Waals surface area contributed by atoms with E-state index >= 15 is 0 Å². The van der Waals surface area contributed by atoms with Gasteiger partial charge in [0, 0.05) is 25.0 Å². The topological polar surface area (TPSA) is 72.8 Å². The second-order valence-corrected chi connectivity index (χ2v) is 8.32. The lowest BCUT2D eigenvalue weighted by Crippen LogP contribution is -2.52. The fraction of sp³-hybridized carbons (Fsp3) is 0.286. The minimum absolute atomic E-state index is 0.397. The molecule has 0 aromatic heterocycles. The number of carboxylic acids is 1. The Hall–Kier alpha value is -3.44. The number of aliphatic carboxylic acids is 1. The number of carbonyl (C=O) groups is 2. The Labute approximate surface area is 194 Å². The van der Waals surface area contributed by atoms with Crippen LogP contribution in [0.5, 0.6) is 5.75 Å². The van der Waals surface area contributed by atoms with E-state index in [1.807, 2.05) is 66.7 Å². The zero-order chi connectivity index (χ0) is 23.0. The van der Waals surface area contributed by atoms with Gasteiger partial charge >= 0.3 is 11.9 Å². The molecule has 2 unspecified atom stereocenters. The van der Waals surface area contributed by atoms with Crippen molar-refractivity contribution in [2.45, 2.75) is 24.7 Å². The predicted molar refractivity (Wildman–Crippen MR) is 125 cm³/mol. The number of benzene rings is 3. The first-order valence-electron chi connectivity index (χ1n) is 11.3. The van der Waals surface area contributed by atoms with Gasteiger partial charge in [-0.05, 0) is 36.1 Å². The maximum absolute atomic E-state index is 13.1. The maximum atomic E-state index is 13.1. The van der Waals surface area contributed by atoms with Gasteiger partial charge in [0.05, 0.1) is 11.8 Å². The van der Waals surface area contributed by atoms with Crippen LogP contribution >= 0.6 is 0 Å². The van der Waals surface area contributed by atoms with E-state index in [1.165, 1.54) is 12.8 Å². The summed E-state index contributed by atoms with van der Waals surface area (Å²) in [6.07, 6.45) is 2.56. The van der Waals surface area contributed by atoms with Crippen molar-refractivity contribution in [3.8, 4) is 5.75 Å². The number of rotatable bonds is 5. The highest BCUT2D eigenvalue weighted by Crippen LogP contribution is 2.58. The van der Waals surface area contributed by atoms with E-state index in [0.717, 1.165) is 24.3 Å². The van der Waals surface area contributed by atoms with Gasteiger partial charge in [0.1, 0.15) is 5.75 Å². The first-order valence-corrected chi connectivity index (χ1v) is 11.3. The lowest BCUT2D eigenvalue weighted by Gasteiger charge is -2.48. The highest BCUT2D eigenvalue weighted by atomic mass is 16.5. The van der Waals surface area contributed by atoms with Crippen molar-refractivity contribution in [2.24, 2.45) is 11.8 Å². The molecule has 1 heterocycles. The summed E-state index contributed by atoms with van der Waals surface area (Å²) < 4.78 is 10.6. The van der Waals surface area contributed by atoms with Crippen LogP contribution in [0.25, 0.3) is 0 Å². The second kappa shape index (κ2) is 10.9. The van der Waals surface area contributed by atoms with Gasteiger partial charge in [0.15, 0.2) is 0 Å². The Morgan fingerprint density at radius 3 is 1.55 bits per heavy atom. The zero-order valence-electron chi connectivity index (χ0n) is 18.4. The summed E-state index contributed by atoms with van der Waals surface area (Å²) in [6, 6.07) is 27.6. The molecule has 0 bridgehead atoms. The molecule has 2 aliphatic rings. The minimum atomic E-state index is -0.897. The monoisotopic (exact) mass is 444 g/mol. The summed E-state index contributed by atoms with van der Waals surface area (Å²) in [5, 5.41) is 9.93. The van der Waals surface area contributed by atoms with Gasteiger partial charge in [0.2, 0.25) is 0 Å². The van der Waals surface area contributed by atoms with Gasteiger partial charge in [0.25, 0.3) is 0 Å². The number of carboxylic acid groups (broad SMARTS) is 1. The van der Waals surface area contributed by atoms with Crippen LogP contribution in [0.4, 0.5) is 0 Å². The normalized spacial score (nSPS) is 23.5. The molecule has 1 N–H and O–H groups in total. The molecule has 5 nitrogen and oxygen atoms in total. The van der Waals surface area contributed by atoms with Crippen LogP contribution in [0, 0.1) is 11.8 Å². The SMILES string of the molecule is C1CCOC1.O=C(O)C1C(c2ccccc2)C(C(=O)Oc2ccccc2)C1c1ccccc1. The fourth-order valence-corrected chi connectivity index (χ4v) is 4.71. The molecule has 5 heteroatoms. The molecule has 2 fully saturated rings. The number of para-hydroxylation sites is 1. The van der Waals surface area contributed by atoms with Gasteiger partial charge in [-0.3, -0.25) is 9.59 Å². The van der Waals surface area contributed by atoms with Crippen molar-refractivity contribution in [3.63, 3.8) is 0 Å². The number of ether oxygens (including phenoxy) is 2. The molecule has 0 spiro atoms. The van der Waals surface area contributed by atoms with Crippen LogP contribution in [-0.4, -0.2) is 30.3 Å². The van der Waals surface area contributed by atoms with Crippen molar-refractivity contribution in [1.29, 1.82) is 0 Å². The average molecular weight is 445 g/mol. The smallest absolute Gasteiger partial charge is 0.315 e. The molecule has 170 valence electrons. The van der Waals surface area contributed by atoms with E-state index in [0.29, 0.717) is 5.75 Å². The molecule has 0 radical (unpaired) electrons.